The van der Waals surface area contributed by atoms with Gasteiger partial charge in [0.05, 0.1) is 5.52 Å². The Labute approximate surface area is 151 Å². The summed E-state index contributed by atoms with van der Waals surface area (Å²) < 4.78 is 6.54. The number of nitrogens with zero attached hydrogens (tertiary/aromatic N) is 2. The van der Waals surface area contributed by atoms with Gasteiger partial charge in [0, 0.05) is 37.8 Å². The highest BCUT2D eigenvalue weighted by molar-refractivity contribution is 5.97. The molecule has 1 aliphatic rings. The van der Waals surface area contributed by atoms with Crippen molar-refractivity contribution >= 4 is 22.9 Å². The molecular weight excluding hydrogens is 336 g/mol. The van der Waals surface area contributed by atoms with Crippen LogP contribution in [-0.4, -0.2) is 53.5 Å². The summed E-state index contributed by atoms with van der Waals surface area (Å²) >= 11 is 0. The van der Waals surface area contributed by atoms with E-state index in [9.17, 15) is 14.4 Å². The number of oxazole rings is 1. The van der Waals surface area contributed by atoms with Gasteiger partial charge in [-0.1, -0.05) is 6.92 Å². The van der Waals surface area contributed by atoms with Gasteiger partial charge in [-0.2, -0.15) is 0 Å². The third kappa shape index (κ3) is 3.80. The second-order valence-corrected chi connectivity index (χ2v) is 6.56. The second-order valence-electron chi connectivity index (χ2n) is 6.56. The van der Waals surface area contributed by atoms with Gasteiger partial charge in [-0.3, -0.25) is 14.2 Å². The maximum Gasteiger partial charge on any atom is 0.420 e. The van der Waals surface area contributed by atoms with Crippen LogP contribution in [0.1, 0.15) is 30.6 Å². The van der Waals surface area contributed by atoms with Crippen molar-refractivity contribution in [1.29, 1.82) is 0 Å². The summed E-state index contributed by atoms with van der Waals surface area (Å²) in [7, 11) is 0. The van der Waals surface area contributed by atoms with E-state index in [4.69, 9.17) is 4.42 Å². The number of nitrogens with one attached hydrogen (secondary N) is 2. The molecular formula is C18H24N4O4. The number of amides is 2. The molecule has 1 atom stereocenters. The summed E-state index contributed by atoms with van der Waals surface area (Å²) in [6, 6.07) is 4.95. The normalized spacial score (nSPS) is 15.8. The van der Waals surface area contributed by atoms with Crippen LogP contribution in [0, 0.1) is 0 Å². The molecule has 2 amide bonds. The minimum Gasteiger partial charge on any atom is -0.408 e. The van der Waals surface area contributed by atoms with Gasteiger partial charge in [0.15, 0.2) is 5.58 Å². The van der Waals surface area contributed by atoms with Crippen LogP contribution in [0.3, 0.4) is 0 Å². The Morgan fingerprint density at radius 3 is 2.73 bits per heavy atom. The van der Waals surface area contributed by atoms with Crippen LogP contribution >= 0.6 is 0 Å². The van der Waals surface area contributed by atoms with Crippen molar-refractivity contribution in [2.45, 2.75) is 32.9 Å². The van der Waals surface area contributed by atoms with Gasteiger partial charge in [0.1, 0.15) is 6.54 Å². The maximum atomic E-state index is 12.6. The Kier molecular flexibility index (Phi) is 5.41. The van der Waals surface area contributed by atoms with E-state index in [-0.39, 0.29) is 24.4 Å². The average molecular weight is 360 g/mol. The first-order valence-electron chi connectivity index (χ1n) is 8.92. The monoisotopic (exact) mass is 360 g/mol. The summed E-state index contributed by atoms with van der Waals surface area (Å²) in [5, 5.41) is 6.03. The summed E-state index contributed by atoms with van der Waals surface area (Å²) in [5.41, 5.74) is 1.29. The van der Waals surface area contributed by atoms with Crippen molar-refractivity contribution in [2.24, 2.45) is 0 Å². The van der Waals surface area contributed by atoms with Crippen LogP contribution in [-0.2, 0) is 11.3 Å². The van der Waals surface area contributed by atoms with Crippen LogP contribution in [0.5, 0.6) is 0 Å². The van der Waals surface area contributed by atoms with Gasteiger partial charge in [-0.05, 0) is 31.5 Å². The molecule has 2 aromatic rings. The van der Waals surface area contributed by atoms with Gasteiger partial charge in [0.25, 0.3) is 5.91 Å². The fraction of sp³-hybridized carbons (Fsp3) is 0.500. The van der Waals surface area contributed by atoms with Crippen LogP contribution in [0.25, 0.3) is 11.1 Å². The molecule has 0 bridgehead atoms. The van der Waals surface area contributed by atoms with Crippen molar-refractivity contribution < 1.29 is 14.0 Å². The summed E-state index contributed by atoms with van der Waals surface area (Å²) in [5.74, 6) is -0.936. The van der Waals surface area contributed by atoms with E-state index in [2.05, 4.69) is 10.6 Å². The molecule has 2 heterocycles. The van der Waals surface area contributed by atoms with E-state index in [1.807, 2.05) is 13.8 Å². The van der Waals surface area contributed by atoms with Crippen LogP contribution in [0.4, 0.5) is 0 Å². The third-order valence-corrected chi connectivity index (χ3v) is 4.64. The molecule has 3 rings (SSSR count). The van der Waals surface area contributed by atoms with Gasteiger partial charge in [-0.15, -0.1) is 0 Å². The molecule has 0 radical (unpaired) electrons. The topological polar surface area (TPSA) is 96.6 Å². The Hall–Kier alpha value is -2.61. The number of fused-ring (bicyclic) bond motifs is 1. The highest BCUT2D eigenvalue weighted by atomic mass is 16.4. The first-order chi connectivity index (χ1) is 12.5. The molecule has 0 spiro atoms. The van der Waals surface area contributed by atoms with E-state index in [0.29, 0.717) is 29.8 Å². The van der Waals surface area contributed by atoms with Gasteiger partial charge < -0.3 is 20.0 Å². The Morgan fingerprint density at radius 2 is 2.04 bits per heavy atom. The minimum absolute atomic E-state index is 0.0413. The van der Waals surface area contributed by atoms with Crippen LogP contribution in [0.15, 0.2) is 27.4 Å². The Morgan fingerprint density at radius 1 is 1.31 bits per heavy atom. The fourth-order valence-electron chi connectivity index (χ4n) is 2.97. The molecule has 8 nitrogen and oxygen atoms in total. The maximum absolute atomic E-state index is 12.6. The summed E-state index contributed by atoms with van der Waals surface area (Å²) in [6.45, 7) is 6.61. The van der Waals surface area contributed by atoms with Crippen molar-refractivity contribution in [3.05, 3.63) is 34.3 Å². The number of hydrogen-bond donors (Lipinski definition) is 2. The molecule has 2 N–H and O–H groups in total. The number of rotatable bonds is 5. The number of carbonyl (C=O) groups excluding carboxylic acids is 2. The first kappa shape index (κ1) is 18.2. The van der Waals surface area contributed by atoms with Gasteiger partial charge in [-0.25, -0.2) is 4.79 Å². The predicted octanol–water partition coefficient (Wildman–Crippen LogP) is 0.555. The largest absolute Gasteiger partial charge is 0.420 e. The van der Waals surface area contributed by atoms with Crippen molar-refractivity contribution in [2.75, 3.05) is 26.2 Å². The molecule has 0 aliphatic carbocycles. The Bertz CT molecular complexity index is 864. The van der Waals surface area contributed by atoms with Gasteiger partial charge in [0.2, 0.25) is 5.91 Å². The zero-order valence-corrected chi connectivity index (χ0v) is 15.1. The number of aromatic nitrogens is 1. The molecule has 8 heteroatoms. The van der Waals surface area contributed by atoms with Crippen molar-refractivity contribution in [3.8, 4) is 0 Å². The molecule has 140 valence electrons. The minimum atomic E-state index is -0.605. The number of carbonyl (C=O) groups is 2. The fourth-order valence-corrected chi connectivity index (χ4v) is 2.97. The lowest BCUT2D eigenvalue weighted by Crippen LogP contribution is -2.46. The lowest BCUT2D eigenvalue weighted by Gasteiger charge is -2.27. The summed E-state index contributed by atoms with van der Waals surface area (Å²) in [4.78, 5) is 38.5. The quantitative estimate of drug-likeness (QED) is 0.812. The van der Waals surface area contributed by atoms with Crippen LogP contribution < -0.4 is 16.4 Å². The first-order valence-corrected chi connectivity index (χ1v) is 8.92. The molecule has 1 saturated heterocycles. The number of piperazine rings is 1. The lowest BCUT2D eigenvalue weighted by molar-refractivity contribution is -0.122. The SMILES string of the molecule is CCC(C)NC(=O)Cn1c(=O)oc2cc(C(=O)N3CCNCC3)ccc21. The standard InChI is InChI=1S/C18H24N4O4/c1-3-12(2)20-16(23)11-22-14-5-4-13(10-15(14)26-18(22)25)17(24)21-8-6-19-7-9-21/h4-5,10,12,19H,3,6-9,11H2,1-2H3,(H,20,23). The molecule has 1 fully saturated rings. The highest BCUT2D eigenvalue weighted by Crippen LogP contribution is 2.17. The molecule has 1 aromatic heterocycles. The molecule has 0 saturated carbocycles. The van der Waals surface area contributed by atoms with E-state index in [0.717, 1.165) is 19.5 Å². The van der Waals surface area contributed by atoms with E-state index < -0.39 is 5.76 Å². The predicted molar refractivity (Wildman–Crippen MR) is 97.1 cm³/mol. The second kappa shape index (κ2) is 7.74. The Balaban J connectivity index is 1.82. The van der Waals surface area contributed by atoms with E-state index in [1.165, 1.54) is 4.57 Å². The molecule has 1 aliphatic heterocycles. The highest BCUT2D eigenvalue weighted by Gasteiger charge is 2.20. The van der Waals surface area contributed by atoms with Crippen LogP contribution in [0.2, 0.25) is 0 Å². The molecule has 26 heavy (non-hydrogen) atoms. The van der Waals surface area contributed by atoms with Crippen molar-refractivity contribution in [3.63, 3.8) is 0 Å². The number of hydrogen-bond acceptors (Lipinski definition) is 5. The summed E-state index contributed by atoms with van der Waals surface area (Å²) in [6.07, 6.45) is 0.810. The zero-order valence-electron chi connectivity index (χ0n) is 15.1. The van der Waals surface area contributed by atoms with Gasteiger partial charge >= 0.3 is 5.76 Å². The molecule has 1 aromatic carbocycles. The molecule has 1 unspecified atom stereocenters. The average Bonchev–Trinajstić information content (AvgIpc) is 2.96. The number of benzene rings is 1. The lowest BCUT2D eigenvalue weighted by atomic mass is 10.1. The van der Waals surface area contributed by atoms with E-state index >= 15 is 0 Å². The zero-order chi connectivity index (χ0) is 18.7. The van der Waals surface area contributed by atoms with E-state index in [1.54, 1.807) is 23.1 Å². The smallest absolute Gasteiger partial charge is 0.408 e. The van der Waals surface area contributed by atoms with Crippen molar-refractivity contribution in [1.82, 2.24) is 20.1 Å². The third-order valence-electron chi connectivity index (χ3n) is 4.64.